The van der Waals surface area contributed by atoms with E-state index >= 15 is 0 Å². The number of hydrogen-bond donors (Lipinski definition) is 10. The third kappa shape index (κ3) is 43.6. The van der Waals surface area contributed by atoms with Gasteiger partial charge in [0.05, 0.1) is 58.7 Å². The van der Waals surface area contributed by atoms with Crippen molar-refractivity contribution in [2.45, 2.75) is 147 Å². The number of ether oxygens (including phenoxy) is 4. The van der Waals surface area contributed by atoms with Crippen molar-refractivity contribution in [3.8, 4) is 0 Å². The summed E-state index contributed by atoms with van der Waals surface area (Å²) in [5, 5.41) is 42.2. The van der Waals surface area contributed by atoms with Crippen LogP contribution in [0, 0.1) is 0 Å². The maximum absolute atomic E-state index is 12.3. The van der Waals surface area contributed by atoms with Gasteiger partial charge in [-0.2, -0.15) is 0 Å². The standard InChI is InChI=1S/C45H81N7O16/c46-35(33-43(60)61)44(62)51-21-19-38(54)47-22-23-48-41(57)34-68-32-31-67-28-25-50-39(55)20-26-65-29-30-66-27-24-49-37(53)18-17-36(45(63)64)52-40(56)15-13-11-9-7-5-3-1-2-4-6-8-10-12-14-16-42(58)59/h35-36H,1-34,46H2,(H,47,54)(H,48,57)(H,49,53)(H,50,55)(H,51,62)(H,52,56)(H,58,59)(H,60,61)(H,63,64)/t35?,36-/m0/s1. The molecular formula is C45H81N7O16. The van der Waals surface area contributed by atoms with Crippen LogP contribution in [-0.4, -0.2) is 166 Å². The van der Waals surface area contributed by atoms with Crippen LogP contribution in [0.1, 0.15) is 135 Å². The lowest BCUT2D eigenvalue weighted by Crippen LogP contribution is -2.43. The van der Waals surface area contributed by atoms with Gasteiger partial charge in [0, 0.05) is 64.8 Å². The van der Waals surface area contributed by atoms with Crippen LogP contribution in [-0.2, 0) is 62.1 Å². The predicted molar refractivity (Wildman–Crippen MR) is 248 cm³/mol. The van der Waals surface area contributed by atoms with Gasteiger partial charge in [-0.3, -0.25) is 38.4 Å². The summed E-state index contributed by atoms with van der Waals surface area (Å²) in [5.41, 5.74) is 5.43. The lowest BCUT2D eigenvalue weighted by Gasteiger charge is -2.14. The summed E-state index contributed by atoms with van der Waals surface area (Å²) in [6.45, 7) is 1.97. The molecule has 0 aromatic rings. The van der Waals surface area contributed by atoms with Gasteiger partial charge >= 0.3 is 17.9 Å². The zero-order valence-corrected chi connectivity index (χ0v) is 39.9. The fourth-order valence-electron chi connectivity index (χ4n) is 6.31. The van der Waals surface area contributed by atoms with Crippen LogP contribution in [0.4, 0.5) is 0 Å². The smallest absolute Gasteiger partial charge is 0.326 e. The second-order valence-corrected chi connectivity index (χ2v) is 16.1. The van der Waals surface area contributed by atoms with Gasteiger partial charge in [0.1, 0.15) is 12.6 Å². The van der Waals surface area contributed by atoms with Crippen molar-refractivity contribution in [1.82, 2.24) is 31.9 Å². The molecule has 11 N–H and O–H groups in total. The molecule has 0 heterocycles. The molecule has 0 rings (SSSR count). The lowest BCUT2D eigenvalue weighted by molar-refractivity contribution is -0.142. The van der Waals surface area contributed by atoms with Gasteiger partial charge < -0.3 is 71.9 Å². The Bertz CT molecular complexity index is 1440. The summed E-state index contributed by atoms with van der Waals surface area (Å²) in [6, 6.07) is -2.35. The highest BCUT2D eigenvalue weighted by atomic mass is 16.5. The molecule has 0 aliphatic carbocycles. The molecule has 68 heavy (non-hydrogen) atoms. The van der Waals surface area contributed by atoms with Crippen molar-refractivity contribution in [2.24, 2.45) is 5.73 Å². The Morgan fingerprint density at radius 2 is 0.838 bits per heavy atom. The largest absolute Gasteiger partial charge is 0.481 e. The van der Waals surface area contributed by atoms with Crippen molar-refractivity contribution in [1.29, 1.82) is 0 Å². The van der Waals surface area contributed by atoms with E-state index in [4.69, 9.17) is 34.9 Å². The number of carboxylic acid groups (broad SMARTS) is 3. The third-order valence-electron chi connectivity index (χ3n) is 10.1. The van der Waals surface area contributed by atoms with Gasteiger partial charge in [-0.1, -0.05) is 77.0 Å². The molecule has 0 aliphatic rings. The highest BCUT2D eigenvalue weighted by molar-refractivity contribution is 5.86. The monoisotopic (exact) mass is 976 g/mol. The van der Waals surface area contributed by atoms with Crippen molar-refractivity contribution < 1.29 is 77.4 Å². The summed E-state index contributed by atoms with van der Waals surface area (Å²) in [7, 11) is 0. The van der Waals surface area contributed by atoms with E-state index < -0.39 is 48.2 Å². The molecule has 23 heteroatoms. The second kappa shape index (κ2) is 44.5. The number of carbonyl (C=O) groups is 9. The summed E-state index contributed by atoms with van der Waals surface area (Å²) < 4.78 is 21.4. The fraction of sp³-hybridized carbons (Fsp3) is 0.800. The molecule has 0 radical (unpaired) electrons. The Kier molecular flexibility index (Phi) is 41.3. The molecule has 392 valence electrons. The average molecular weight is 976 g/mol. The van der Waals surface area contributed by atoms with Gasteiger partial charge in [-0.05, 0) is 19.3 Å². The molecule has 0 aliphatic heterocycles. The summed E-state index contributed by atoms with van der Waals surface area (Å²) >= 11 is 0. The molecule has 0 saturated heterocycles. The van der Waals surface area contributed by atoms with Crippen LogP contribution in [0.25, 0.3) is 0 Å². The van der Waals surface area contributed by atoms with E-state index in [0.717, 1.165) is 44.9 Å². The van der Waals surface area contributed by atoms with Crippen LogP contribution in [0.15, 0.2) is 0 Å². The van der Waals surface area contributed by atoms with E-state index in [1.54, 1.807) is 0 Å². The second-order valence-electron chi connectivity index (χ2n) is 16.1. The van der Waals surface area contributed by atoms with Crippen LogP contribution >= 0.6 is 0 Å². The summed E-state index contributed by atoms with van der Waals surface area (Å²) in [5.74, 6) is -5.49. The fourth-order valence-corrected chi connectivity index (χ4v) is 6.31. The van der Waals surface area contributed by atoms with Gasteiger partial charge in [-0.25, -0.2) is 4.79 Å². The quantitative estimate of drug-likeness (QED) is 0.0379. The Hall–Kier alpha value is -4.97. The first-order valence-corrected chi connectivity index (χ1v) is 24.1. The first-order chi connectivity index (χ1) is 32.7. The predicted octanol–water partition coefficient (Wildman–Crippen LogP) is 0.892. The maximum Gasteiger partial charge on any atom is 0.326 e. The van der Waals surface area contributed by atoms with Gasteiger partial charge in [0.25, 0.3) is 0 Å². The van der Waals surface area contributed by atoms with Crippen molar-refractivity contribution in [3.05, 3.63) is 0 Å². The molecule has 0 aromatic heterocycles. The van der Waals surface area contributed by atoms with Crippen LogP contribution in [0.5, 0.6) is 0 Å². The van der Waals surface area contributed by atoms with Crippen molar-refractivity contribution >= 4 is 53.4 Å². The van der Waals surface area contributed by atoms with E-state index in [-0.39, 0.29) is 148 Å². The first-order valence-electron chi connectivity index (χ1n) is 24.1. The zero-order chi connectivity index (χ0) is 50.5. The highest BCUT2D eigenvalue weighted by Crippen LogP contribution is 2.14. The van der Waals surface area contributed by atoms with Crippen LogP contribution in [0.2, 0.25) is 0 Å². The molecule has 23 nitrogen and oxygen atoms in total. The van der Waals surface area contributed by atoms with Crippen LogP contribution < -0.4 is 37.6 Å². The number of carboxylic acids is 3. The SMILES string of the molecule is NC(CC(=O)O)C(=O)NCCC(=O)NCCNC(=O)COCCOCCNC(=O)CCOCCOCCNC(=O)CC[C@H](NC(=O)CCCCCCCCCCCCCCCCC(=O)O)C(=O)O. The first kappa shape index (κ1) is 63.0. The number of aliphatic carboxylic acids is 3. The normalized spacial score (nSPS) is 11.8. The minimum atomic E-state index is -1.21. The number of amides is 6. The Balaban J connectivity index is 3.65. The van der Waals surface area contributed by atoms with Crippen molar-refractivity contribution in [3.63, 3.8) is 0 Å². The van der Waals surface area contributed by atoms with Gasteiger partial charge in [0.2, 0.25) is 35.4 Å². The Morgan fingerprint density at radius 3 is 1.35 bits per heavy atom. The van der Waals surface area contributed by atoms with Crippen molar-refractivity contribution in [2.75, 3.05) is 85.6 Å². The molecule has 0 saturated carbocycles. The molecule has 0 spiro atoms. The summed E-state index contributed by atoms with van der Waals surface area (Å²) in [6.07, 6.45) is 14.9. The topological polar surface area (TPSA) is 349 Å². The molecule has 2 atom stereocenters. The molecule has 0 bridgehead atoms. The molecular weight excluding hydrogens is 895 g/mol. The number of hydrogen-bond acceptors (Lipinski definition) is 14. The number of rotatable bonds is 48. The lowest BCUT2D eigenvalue weighted by atomic mass is 10.0. The van der Waals surface area contributed by atoms with E-state index in [2.05, 4.69) is 31.9 Å². The Labute approximate surface area is 400 Å². The van der Waals surface area contributed by atoms with E-state index in [9.17, 15) is 48.3 Å². The maximum atomic E-state index is 12.3. The number of nitrogens with two attached hydrogens (primary N) is 1. The zero-order valence-electron chi connectivity index (χ0n) is 39.9. The third-order valence-corrected chi connectivity index (χ3v) is 10.1. The summed E-state index contributed by atoms with van der Waals surface area (Å²) in [4.78, 5) is 105. The highest BCUT2D eigenvalue weighted by Gasteiger charge is 2.21. The average Bonchev–Trinajstić information content (AvgIpc) is 3.28. The van der Waals surface area contributed by atoms with E-state index in [0.29, 0.717) is 6.42 Å². The number of unbranched alkanes of at least 4 members (excludes halogenated alkanes) is 13. The molecule has 6 amide bonds. The van der Waals surface area contributed by atoms with Crippen LogP contribution in [0.3, 0.4) is 0 Å². The minimum Gasteiger partial charge on any atom is -0.481 e. The van der Waals surface area contributed by atoms with Gasteiger partial charge in [-0.15, -0.1) is 0 Å². The van der Waals surface area contributed by atoms with E-state index in [1.807, 2.05) is 0 Å². The van der Waals surface area contributed by atoms with E-state index in [1.165, 1.54) is 38.5 Å². The molecule has 1 unspecified atom stereocenters. The molecule has 0 aromatic carbocycles. The Morgan fingerprint density at radius 1 is 0.397 bits per heavy atom. The number of carbonyl (C=O) groups excluding carboxylic acids is 6. The number of nitrogens with one attached hydrogen (secondary N) is 6. The minimum absolute atomic E-state index is 0.0171. The van der Waals surface area contributed by atoms with Gasteiger partial charge in [0.15, 0.2) is 0 Å². The molecule has 0 fully saturated rings.